The van der Waals surface area contributed by atoms with E-state index in [0.29, 0.717) is 5.75 Å². The Kier molecular flexibility index (Phi) is 3.79. The van der Waals surface area contributed by atoms with Gasteiger partial charge in [-0.15, -0.1) is 0 Å². The van der Waals surface area contributed by atoms with Crippen LogP contribution in [-0.2, 0) is 0 Å². The van der Waals surface area contributed by atoms with Crippen molar-refractivity contribution in [2.24, 2.45) is 5.73 Å². The van der Waals surface area contributed by atoms with Crippen LogP contribution in [0.4, 0.5) is 0 Å². The minimum Gasteiger partial charge on any atom is -0.497 e. The first-order valence-electron chi connectivity index (χ1n) is 5.63. The molecule has 0 aliphatic carbocycles. The van der Waals surface area contributed by atoms with E-state index in [9.17, 15) is 5.11 Å². The van der Waals surface area contributed by atoms with E-state index < -0.39 is 5.60 Å². The maximum atomic E-state index is 9.83. The summed E-state index contributed by atoms with van der Waals surface area (Å²) < 4.78 is 5.15. The number of aromatic amines is 1. The van der Waals surface area contributed by atoms with Crippen LogP contribution < -0.4 is 10.5 Å². The third-order valence-corrected chi connectivity index (χ3v) is 3.86. The number of aromatic nitrogens is 2. The number of benzene rings is 1. The zero-order chi connectivity index (χ0) is 13.2. The van der Waals surface area contributed by atoms with Crippen molar-refractivity contribution in [3.8, 4) is 5.75 Å². The molecule has 1 atom stereocenters. The summed E-state index contributed by atoms with van der Waals surface area (Å²) in [5, 5.41) is 10.6. The number of aliphatic hydroxyl groups is 1. The monoisotopic (exact) mass is 267 g/mol. The number of nitrogens with two attached hydrogens (primary N) is 1. The van der Waals surface area contributed by atoms with Crippen molar-refractivity contribution in [2.75, 3.05) is 19.4 Å². The summed E-state index contributed by atoms with van der Waals surface area (Å²) in [4.78, 5) is 7.61. The zero-order valence-electron chi connectivity index (χ0n) is 10.4. The minimum absolute atomic E-state index is 0.230. The molecule has 98 valence electrons. The van der Waals surface area contributed by atoms with Crippen molar-refractivity contribution in [3.63, 3.8) is 0 Å². The van der Waals surface area contributed by atoms with E-state index in [1.807, 2.05) is 18.2 Å². The Morgan fingerprint density at radius 3 is 3.00 bits per heavy atom. The van der Waals surface area contributed by atoms with Crippen molar-refractivity contribution in [1.82, 2.24) is 9.97 Å². The number of nitrogens with one attached hydrogen (secondary N) is 1. The fourth-order valence-corrected chi connectivity index (χ4v) is 2.35. The van der Waals surface area contributed by atoms with Gasteiger partial charge in [0, 0.05) is 18.4 Å². The van der Waals surface area contributed by atoms with Gasteiger partial charge < -0.3 is 20.6 Å². The second-order valence-electron chi connectivity index (χ2n) is 4.41. The molecule has 0 bridgehead atoms. The molecule has 2 rings (SSSR count). The number of H-pyrrole nitrogens is 1. The van der Waals surface area contributed by atoms with E-state index >= 15 is 0 Å². The molecule has 1 heterocycles. The van der Waals surface area contributed by atoms with Crippen LogP contribution in [0, 0.1) is 0 Å². The van der Waals surface area contributed by atoms with Crippen LogP contribution in [0.2, 0.25) is 0 Å². The molecule has 0 fully saturated rings. The lowest BCUT2D eigenvalue weighted by atomic mass is 10.1. The molecule has 0 saturated heterocycles. The van der Waals surface area contributed by atoms with Gasteiger partial charge in [-0.05, 0) is 19.1 Å². The molecule has 0 aliphatic rings. The molecule has 1 aromatic carbocycles. The normalized spacial score (nSPS) is 14.7. The van der Waals surface area contributed by atoms with E-state index in [4.69, 9.17) is 10.5 Å². The summed E-state index contributed by atoms with van der Waals surface area (Å²) >= 11 is 1.45. The largest absolute Gasteiger partial charge is 0.497 e. The Bertz CT molecular complexity index is 539. The molecular weight excluding hydrogens is 250 g/mol. The standard InChI is InChI=1S/C12H17N3O2S/c1-12(16,6-13)7-18-11-14-9-4-3-8(17-2)5-10(9)15-11/h3-5,16H,6-7,13H2,1-2H3,(H,14,15). The molecule has 6 heteroatoms. The highest BCUT2D eigenvalue weighted by atomic mass is 32.2. The Hall–Kier alpha value is -1.24. The van der Waals surface area contributed by atoms with Gasteiger partial charge in [-0.3, -0.25) is 0 Å². The van der Waals surface area contributed by atoms with Crippen LogP contribution in [0.15, 0.2) is 23.4 Å². The lowest BCUT2D eigenvalue weighted by Gasteiger charge is -2.19. The number of imidazole rings is 1. The van der Waals surface area contributed by atoms with Crippen molar-refractivity contribution < 1.29 is 9.84 Å². The highest BCUT2D eigenvalue weighted by Gasteiger charge is 2.19. The molecule has 4 N–H and O–H groups in total. The van der Waals surface area contributed by atoms with E-state index in [-0.39, 0.29) is 6.54 Å². The predicted octanol–water partition coefficient (Wildman–Crippen LogP) is 1.37. The summed E-state index contributed by atoms with van der Waals surface area (Å²) in [5.41, 5.74) is 6.40. The molecule has 2 aromatic rings. The van der Waals surface area contributed by atoms with Gasteiger partial charge in [0.15, 0.2) is 5.16 Å². The third kappa shape index (κ3) is 2.95. The molecule has 5 nitrogen and oxygen atoms in total. The second-order valence-corrected chi connectivity index (χ2v) is 5.38. The van der Waals surface area contributed by atoms with Crippen LogP contribution in [-0.4, -0.2) is 40.1 Å². The predicted molar refractivity (Wildman–Crippen MR) is 73.0 cm³/mol. The highest BCUT2D eigenvalue weighted by molar-refractivity contribution is 7.99. The average molecular weight is 267 g/mol. The molecule has 0 aliphatic heterocycles. The van der Waals surface area contributed by atoms with Crippen LogP contribution in [0.25, 0.3) is 11.0 Å². The van der Waals surface area contributed by atoms with Crippen LogP contribution in [0.1, 0.15) is 6.92 Å². The van der Waals surface area contributed by atoms with Gasteiger partial charge in [0.1, 0.15) is 5.75 Å². The van der Waals surface area contributed by atoms with E-state index in [0.717, 1.165) is 21.9 Å². The fraction of sp³-hybridized carbons (Fsp3) is 0.417. The number of rotatable bonds is 5. The Balaban J connectivity index is 2.15. The quantitative estimate of drug-likeness (QED) is 0.713. The average Bonchev–Trinajstić information content (AvgIpc) is 2.78. The highest BCUT2D eigenvalue weighted by Crippen LogP contribution is 2.24. The van der Waals surface area contributed by atoms with Crippen molar-refractivity contribution in [1.29, 1.82) is 0 Å². The SMILES string of the molecule is COc1ccc2nc(SCC(C)(O)CN)[nH]c2c1. The Morgan fingerprint density at radius 2 is 2.33 bits per heavy atom. The van der Waals surface area contributed by atoms with Gasteiger partial charge in [0.05, 0.1) is 23.7 Å². The molecule has 18 heavy (non-hydrogen) atoms. The molecule has 0 saturated carbocycles. The van der Waals surface area contributed by atoms with Gasteiger partial charge >= 0.3 is 0 Å². The molecular formula is C12H17N3O2S. The first-order chi connectivity index (χ1) is 8.54. The summed E-state index contributed by atoms with van der Waals surface area (Å²) in [5.74, 6) is 1.29. The smallest absolute Gasteiger partial charge is 0.166 e. The molecule has 0 amide bonds. The van der Waals surface area contributed by atoms with E-state index in [1.165, 1.54) is 11.8 Å². The number of nitrogens with zero attached hydrogens (tertiary/aromatic N) is 1. The zero-order valence-corrected chi connectivity index (χ0v) is 11.3. The topological polar surface area (TPSA) is 84.2 Å². The third-order valence-electron chi connectivity index (χ3n) is 2.63. The van der Waals surface area contributed by atoms with Gasteiger partial charge in [0.25, 0.3) is 0 Å². The molecule has 0 radical (unpaired) electrons. The summed E-state index contributed by atoms with van der Waals surface area (Å²) in [6.45, 7) is 1.94. The first-order valence-corrected chi connectivity index (χ1v) is 6.61. The lowest BCUT2D eigenvalue weighted by Crippen LogP contribution is -2.36. The number of hydrogen-bond donors (Lipinski definition) is 3. The number of fused-ring (bicyclic) bond motifs is 1. The number of thioether (sulfide) groups is 1. The van der Waals surface area contributed by atoms with Gasteiger partial charge in [-0.25, -0.2) is 4.98 Å². The van der Waals surface area contributed by atoms with Crippen molar-refractivity contribution in [2.45, 2.75) is 17.7 Å². The lowest BCUT2D eigenvalue weighted by molar-refractivity contribution is 0.0949. The Morgan fingerprint density at radius 1 is 1.56 bits per heavy atom. The summed E-state index contributed by atoms with van der Waals surface area (Å²) in [6, 6.07) is 5.66. The minimum atomic E-state index is -0.874. The van der Waals surface area contributed by atoms with E-state index in [1.54, 1.807) is 14.0 Å². The first kappa shape index (κ1) is 13.2. The molecule has 1 aromatic heterocycles. The van der Waals surface area contributed by atoms with Crippen LogP contribution in [0.5, 0.6) is 5.75 Å². The Labute approximate surface area is 110 Å². The van der Waals surface area contributed by atoms with Crippen LogP contribution in [0.3, 0.4) is 0 Å². The maximum absolute atomic E-state index is 9.83. The van der Waals surface area contributed by atoms with Gasteiger partial charge in [0.2, 0.25) is 0 Å². The molecule has 0 spiro atoms. The van der Waals surface area contributed by atoms with Crippen molar-refractivity contribution >= 4 is 22.8 Å². The summed E-state index contributed by atoms with van der Waals surface area (Å²) in [6.07, 6.45) is 0. The second kappa shape index (κ2) is 5.17. The summed E-state index contributed by atoms with van der Waals surface area (Å²) in [7, 11) is 1.63. The number of hydrogen-bond acceptors (Lipinski definition) is 5. The van der Waals surface area contributed by atoms with Gasteiger partial charge in [-0.2, -0.15) is 0 Å². The number of ether oxygens (including phenoxy) is 1. The molecule has 1 unspecified atom stereocenters. The van der Waals surface area contributed by atoms with E-state index in [2.05, 4.69) is 9.97 Å². The maximum Gasteiger partial charge on any atom is 0.166 e. The number of methoxy groups -OCH3 is 1. The van der Waals surface area contributed by atoms with Gasteiger partial charge in [-0.1, -0.05) is 11.8 Å². The fourth-order valence-electron chi connectivity index (χ4n) is 1.44. The van der Waals surface area contributed by atoms with Crippen molar-refractivity contribution in [3.05, 3.63) is 18.2 Å². The van der Waals surface area contributed by atoms with Crippen LogP contribution >= 0.6 is 11.8 Å².